The van der Waals surface area contributed by atoms with Gasteiger partial charge in [0.1, 0.15) is 6.61 Å². The highest BCUT2D eigenvalue weighted by molar-refractivity contribution is 9.11. The highest BCUT2D eigenvalue weighted by atomic mass is 79.9. The molecule has 0 spiro atoms. The molecule has 0 fully saturated rings. The molecule has 0 aliphatic heterocycles. The normalized spacial score (nSPS) is 24.2. The van der Waals surface area contributed by atoms with Crippen LogP contribution in [0.3, 0.4) is 0 Å². The van der Waals surface area contributed by atoms with E-state index >= 15 is 0 Å². The summed E-state index contributed by atoms with van der Waals surface area (Å²) < 4.78 is 7.13. The Morgan fingerprint density at radius 1 is 1.33 bits per heavy atom. The number of carboxylic acids is 1. The number of carboxylic acid groups (broad SMARTS) is 1. The maximum atomic E-state index is 10.7. The summed E-state index contributed by atoms with van der Waals surface area (Å²) in [6, 6.07) is 6.03. The number of ether oxygens (including phenoxy) is 1. The van der Waals surface area contributed by atoms with E-state index in [9.17, 15) is 4.79 Å². The first kappa shape index (κ1) is 16.8. The Labute approximate surface area is 144 Å². The minimum Gasteiger partial charge on any atom is -0.480 e. The van der Waals surface area contributed by atoms with Gasteiger partial charge in [0.05, 0.1) is 10.9 Å². The van der Waals surface area contributed by atoms with E-state index in [0.717, 1.165) is 13.8 Å². The Bertz CT molecular complexity index is 580. The first-order valence-corrected chi connectivity index (χ1v) is 8.64. The van der Waals surface area contributed by atoms with Crippen LogP contribution < -0.4 is 0 Å². The summed E-state index contributed by atoms with van der Waals surface area (Å²) in [6.07, 6.45) is 7.48. The minimum absolute atomic E-state index is 0.290. The first-order chi connectivity index (χ1) is 9.89. The molecular formula is C15H14Br2O3S. The first-order valence-electron chi connectivity index (χ1n) is 6.23. The van der Waals surface area contributed by atoms with Crippen molar-refractivity contribution in [2.75, 3.05) is 6.61 Å². The van der Waals surface area contributed by atoms with E-state index in [-0.39, 0.29) is 17.5 Å². The predicted octanol–water partition coefficient (Wildman–Crippen LogP) is 4.66. The second-order valence-electron chi connectivity index (χ2n) is 4.76. The van der Waals surface area contributed by atoms with E-state index in [0.29, 0.717) is 0 Å². The Balaban J connectivity index is 2.19. The number of carbonyl (C=O) groups is 1. The highest BCUT2D eigenvalue weighted by Gasteiger charge is 2.34. The molecule has 0 aromatic heterocycles. The molecule has 0 saturated heterocycles. The average Bonchev–Trinajstić information content (AvgIpc) is 2.35. The van der Waals surface area contributed by atoms with Crippen molar-refractivity contribution < 1.29 is 14.6 Å². The molecule has 21 heavy (non-hydrogen) atoms. The molecule has 1 aliphatic rings. The van der Waals surface area contributed by atoms with E-state index in [1.807, 2.05) is 49.4 Å². The Hall–Kier alpha value is -0.560. The van der Waals surface area contributed by atoms with Crippen LogP contribution in [0.25, 0.3) is 0 Å². The van der Waals surface area contributed by atoms with Crippen LogP contribution in [0.4, 0.5) is 0 Å². The molecule has 3 nitrogen and oxygen atoms in total. The zero-order chi connectivity index (χ0) is 15.5. The van der Waals surface area contributed by atoms with Gasteiger partial charge in [0.2, 0.25) is 0 Å². The molecule has 0 amide bonds. The van der Waals surface area contributed by atoms with Gasteiger partial charge in [-0.1, -0.05) is 56.2 Å². The van der Waals surface area contributed by atoms with Crippen molar-refractivity contribution in [1.82, 2.24) is 0 Å². The number of hydrogen-bond acceptors (Lipinski definition) is 3. The third kappa shape index (κ3) is 4.71. The van der Waals surface area contributed by atoms with Crippen molar-refractivity contribution in [2.24, 2.45) is 0 Å². The van der Waals surface area contributed by atoms with Gasteiger partial charge in [-0.05, 0) is 25.1 Å². The zero-order valence-corrected chi connectivity index (χ0v) is 15.2. The summed E-state index contributed by atoms with van der Waals surface area (Å²) in [7, 11) is 0. The molecule has 0 bridgehead atoms. The molecule has 2 atom stereocenters. The van der Waals surface area contributed by atoms with Crippen LogP contribution in [0.1, 0.15) is 6.92 Å². The van der Waals surface area contributed by atoms with Gasteiger partial charge in [-0.25, -0.2) is 4.79 Å². The quantitative estimate of drug-likeness (QED) is 0.733. The minimum atomic E-state index is -0.962. The standard InChI is InChI=1S/C15H14Br2O3S/c1-15(21-12-7-10(16)6-11(17)8-12)5-3-2-4-13(15)20-9-14(18)19/h2-8,13H,9H2,1H3,(H,18,19). The lowest BCUT2D eigenvalue weighted by molar-refractivity contribution is -0.143. The number of allylic oxidation sites excluding steroid dienone is 2. The molecule has 1 N–H and O–H groups in total. The van der Waals surface area contributed by atoms with Crippen molar-refractivity contribution in [3.8, 4) is 0 Å². The summed E-state index contributed by atoms with van der Waals surface area (Å²) in [5.41, 5.74) is 0. The van der Waals surface area contributed by atoms with E-state index in [4.69, 9.17) is 9.84 Å². The second-order valence-corrected chi connectivity index (χ2v) is 8.15. The lowest BCUT2D eigenvalue weighted by Gasteiger charge is -2.34. The van der Waals surface area contributed by atoms with Gasteiger partial charge in [0.25, 0.3) is 0 Å². The SMILES string of the molecule is CC1(Sc2cc(Br)cc(Br)c2)C=CC=CC1OCC(=O)O. The van der Waals surface area contributed by atoms with Crippen molar-refractivity contribution in [2.45, 2.75) is 22.7 Å². The van der Waals surface area contributed by atoms with Crippen LogP contribution in [0.5, 0.6) is 0 Å². The van der Waals surface area contributed by atoms with Crippen LogP contribution in [-0.4, -0.2) is 28.5 Å². The molecule has 1 aromatic carbocycles. The molecule has 112 valence electrons. The summed E-state index contributed by atoms with van der Waals surface area (Å²) in [5.74, 6) is -0.962. The number of hydrogen-bond donors (Lipinski definition) is 1. The third-order valence-electron chi connectivity index (χ3n) is 2.95. The van der Waals surface area contributed by atoms with Crippen molar-refractivity contribution in [3.63, 3.8) is 0 Å². The highest BCUT2D eigenvalue weighted by Crippen LogP contribution is 2.41. The third-order valence-corrected chi connectivity index (χ3v) is 5.14. The van der Waals surface area contributed by atoms with Crippen molar-refractivity contribution in [1.29, 1.82) is 0 Å². The Kier molecular flexibility index (Phi) is 5.71. The van der Waals surface area contributed by atoms with Crippen LogP contribution in [-0.2, 0) is 9.53 Å². The molecule has 6 heteroatoms. The molecule has 0 heterocycles. The predicted molar refractivity (Wildman–Crippen MR) is 91.8 cm³/mol. The van der Waals surface area contributed by atoms with E-state index < -0.39 is 5.97 Å². The summed E-state index contributed by atoms with van der Waals surface area (Å²) >= 11 is 8.59. The lowest BCUT2D eigenvalue weighted by Crippen LogP contribution is -2.37. The molecule has 2 unspecified atom stereocenters. The van der Waals surface area contributed by atoms with E-state index in [2.05, 4.69) is 31.9 Å². The topological polar surface area (TPSA) is 46.5 Å². The molecule has 1 aromatic rings. The number of halogens is 2. The second kappa shape index (κ2) is 7.13. The molecule has 2 rings (SSSR count). The van der Waals surface area contributed by atoms with Gasteiger partial charge in [-0.3, -0.25) is 0 Å². The van der Waals surface area contributed by atoms with Crippen LogP contribution in [0.2, 0.25) is 0 Å². The molecule has 1 aliphatic carbocycles. The fraction of sp³-hybridized carbons (Fsp3) is 0.267. The Morgan fingerprint density at radius 3 is 2.62 bits per heavy atom. The van der Waals surface area contributed by atoms with Crippen molar-refractivity contribution in [3.05, 3.63) is 51.4 Å². The number of rotatable bonds is 5. The van der Waals surface area contributed by atoms with E-state index in [1.54, 1.807) is 11.8 Å². The fourth-order valence-electron chi connectivity index (χ4n) is 2.01. The van der Waals surface area contributed by atoms with Gasteiger partial charge < -0.3 is 9.84 Å². The van der Waals surface area contributed by atoms with Crippen LogP contribution in [0.15, 0.2) is 56.3 Å². The summed E-state index contributed by atoms with van der Waals surface area (Å²) in [6.45, 7) is 1.74. The maximum absolute atomic E-state index is 10.7. The lowest BCUT2D eigenvalue weighted by atomic mass is 9.98. The fourth-order valence-corrected chi connectivity index (χ4v) is 4.90. The largest absolute Gasteiger partial charge is 0.480 e. The molecule has 0 radical (unpaired) electrons. The summed E-state index contributed by atoms with van der Waals surface area (Å²) in [5, 5.41) is 8.79. The van der Waals surface area contributed by atoms with Gasteiger partial charge in [-0.15, -0.1) is 11.8 Å². The smallest absolute Gasteiger partial charge is 0.329 e. The van der Waals surface area contributed by atoms with Gasteiger partial charge in [-0.2, -0.15) is 0 Å². The average molecular weight is 434 g/mol. The number of aliphatic carboxylic acids is 1. The molecular weight excluding hydrogens is 420 g/mol. The number of thioether (sulfide) groups is 1. The van der Waals surface area contributed by atoms with Crippen LogP contribution in [0, 0.1) is 0 Å². The van der Waals surface area contributed by atoms with Gasteiger partial charge in [0, 0.05) is 13.8 Å². The van der Waals surface area contributed by atoms with E-state index in [1.165, 1.54) is 0 Å². The van der Waals surface area contributed by atoms with Crippen molar-refractivity contribution >= 4 is 49.6 Å². The maximum Gasteiger partial charge on any atom is 0.329 e. The zero-order valence-electron chi connectivity index (χ0n) is 11.3. The molecule has 0 saturated carbocycles. The van der Waals surface area contributed by atoms with Crippen LogP contribution >= 0.6 is 43.6 Å². The Morgan fingerprint density at radius 2 is 2.00 bits per heavy atom. The number of benzene rings is 1. The van der Waals surface area contributed by atoms with Gasteiger partial charge in [0.15, 0.2) is 0 Å². The monoisotopic (exact) mass is 432 g/mol. The summed E-state index contributed by atoms with van der Waals surface area (Å²) in [4.78, 5) is 11.8. The van der Waals surface area contributed by atoms with Gasteiger partial charge >= 0.3 is 5.97 Å².